The summed E-state index contributed by atoms with van der Waals surface area (Å²) < 4.78 is 17.5. The van der Waals surface area contributed by atoms with Gasteiger partial charge in [-0.1, -0.05) is 62.4 Å². The highest BCUT2D eigenvalue weighted by Gasteiger charge is 2.15. The number of carbonyl (C=O) groups excluding carboxylic acids is 2. The Labute approximate surface area is 261 Å². The van der Waals surface area contributed by atoms with Gasteiger partial charge in [-0.2, -0.15) is 5.10 Å². The van der Waals surface area contributed by atoms with Crippen LogP contribution in [0.1, 0.15) is 59.8 Å². The summed E-state index contributed by atoms with van der Waals surface area (Å²) in [5.41, 5.74) is 5.95. The van der Waals surface area contributed by atoms with Crippen molar-refractivity contribution in [3.8, 4) is 17.2 Å². The number of aromatic nitrogens is 2. The van der Waals surface area contributed by atoms with Gasteiger partial charge in [0.1, 0.15) is 24.0 Å². The molecule has 0 radical (unpaired) electrons. The van der Waals surface area contributed by atoms with Crippen molar-refractivity contribution >= 4 is 34.5 Å². The molecule has 0 spiro atoms. The van der Waals surface area contributed by atoms with Crippen LogP contribution in [0.15, 0.2) is 71.8 Å². The first-order valence-electron chi connectivity index (χ1n) is 14.3. The van der Waals surface area contributed by atoms with Crippen LogP contribution in [0.5, 0.6) is 17.2 Å². The van der Waals surface area contributed by atoms with Crippen LogP contribution < -0.4 is 25.0 Å². The number of amides is 2. The highest BCUT2D eigenvalue weighted by molar-refractivity contribution is 7.15. The van der Waals surface area contributed by atoms with Crippen molar-refractivity contribution in [2.45, 2.75) is 46.5 Å². The predicted octanol–water partition coefficient (Wildman–Crippen LogP) is 5.95. The third kappa shape index (κ3) is 9.37. The van der Waals surface area contributed by atoms with Crippen molar-refractivity contribution in [3.05, 3.63) is 94.0 Å². The van der Waals surface area contributed by atoms with Gasteiger partial charge in [0.15, 0.2) is 11.5 Å². The molecule has 1 aromatic heterocycles. The molecule has 0 aliphatic carbocycles. The molecular formula is C33H37N5O5S. The Morgan fingerprint density at radius 3 is 2.41 bits per heavy atom. The van der Waals surface area contributed by atoms with Gasteiger partial charge in [0, 0.05) is 5.56 Å². The molecule has 11 heteroatoms. The Morgan fingerprint density at radius 2 is 1.68 bits per heavy atom. The molecule has 0 fully saturated rings. The average Bonchev–Trinajstić information content (AvgIpc) is 3.42. The number of ether oxygens (including phenoxy) is 3. The van der Waals surface area contributed by atoms with Crippen LogP contribution in [-0.2, 0) is 16.6 Å². The van der Waals surface area contributed by atoms with Crippen molar-refractivity contribution in [3.63, 3.8) is 0 Å². The van der Waals surface area contributed by atoms with Crippen molar-refractivity contribution < 1.29 is 23.8 Å². The summed E-state index contributed by atoms with van der Waals surface area (Å²) in [5.74, 6) is 1.29. The van der Waals surface area contributed by atoms with E-state index in [0.29, 0.717) is 52.6 Å². The molecule has 10 nitrogen and oxygen atoms in total. The molecule has 2 N–H and O–H groups in total. The van der Waals surface area contributed by atoms with Gasteiger partial charge in [0.2, 0.25) is 11.0 Å². The number of benzene rings is 3. The van der Waals surface area contributed by atoms with Crippen molar-refractivity contribution in [2.75, 3.05) is 25.1 Å². The lowest BCUT2D eigenvalue weighted by Crippen LogP contribution is -2.19. The lowest BCUT2D eigenvalue weighted by Gasteiger charge is -2.19. The maximum absolute atomic E-state index is 12.5. The predicted molar refractivity (Wildman–Crippen MR) is 172 cm³/mol. The summed E-state index contributed by atoms with van der Waals surface area (Å²) in [7, 11) is 0. The van der Waals surface area contributed by atoms with Crippen LogP contribution in [0.25, 0.3) is 0 Å². The number of nitrogens with one attached hydrogen (secondary N) is 2. The molecule has 0 bridgehead atoms. The minimum atomic E-state index is -0.368. The molecule has 3 aromatic carbocycles. The Hall–Kier alpha value is -4.77. The van der Waals surface area contributed by atoms with Crippen LogP contribution in [0.3, 0.4) is 0 Å². The molecule has 0 aliphatic heterocycles. The van der Waals surface area contributed by atoms with E-state index in [2.05, 4.69) is 58.9 Å². The van der Waals surface area contributed by atoms with Crippen LogP contribution in [0, 0.1) is 6.92 Å². The van der Waals surface area contributed by atoms with Gasteiger partial charge in [0.05, 0.1) is 19.2 Å². The zero-order valence-electron chi connectivity index (χ0n) is 25.5. The average molecular weight is 616 g/mol. The highest BCUT2D eigenvalue weighted by atomic mass is 32.1. The first-order chi connectivity index (χ1) is 21.1. The van der Waals surface area contributed by atoms with Gasteiger partial charge in [-0.05, 0) is 72.4 Å². The highest BCUT2D eigenvalue weighted by Crippen LogP contribution is 2.28. The quantitative estimate of drug-likeness (QED) is 0.108. The maximum Gasteiger partial charge on any atom is 0.257 e. The molecule has 2 amide bonds. The smallest absolute Gasteiger partial charge is 0.257 e. The molecule has 4 rings (SSSR count). The number of aryl methyl sites for hydroxylation is 1. The van der Waals surface area contributed by atoms with E-state index in [4.69, 9.17) is 14.2 Å². The molecule has 1 heterocycles. The van der Waals surface area contributed by atoms with E-state index in [0.717, 1.165) is 22.6 Å². The van der Waals surface area contributed by atoms with Gasteiger partial charge in [-0.25, -0.2) is 5.43 Å². The zero-order chi connectivity index (χ0) is 31.5. The van der Waals surface area contributed by atoms with Gasteiger partial charge in [0.25, 0.3) is 5.91 Å². The second-order valence-corrected chi connectivity index (χ2v) is 11.9. The normalized spacial score (nSPS) is 11.3. The Bertz CT molecular complexity index is 1590. The van der Waals surface area contributed by atoms with Crippen LogP contribution >= 0.6 is 11.3 Å². The van der Waals surface area contributed by atoms with Crippen LogP contribution in [-0.4, -0.2) is 48.0 Å². The summed E-state index contributed by atoms with van der Waals surface area (Å²) in [6.45, 7) is 11.5. The van der Waals surface area contributed by atoms with E-state index < -0.39 is 0 Å². The number of anilines is 1. The molecule has 0 atom stereocenters. The van der Waals surface area contributed by atoms with Crippen molar-refractivity contribution in [1.82, 2.24) is 15.6 Å². The largest absolute Gasteiger partial charge is 0.490 e. The summed E-state index contributed by atoms with van der Waals surface area (Å²) >= 11 is 1.13. The first kappa shape index (κ1) is 32.2. The van der Waals surface area contributed by atoms with E-state index in [1.54, 1.807) is 24.3 Å². The molecule has 0 unspecified atom stereocenters. The third-order valence-corrected chi connectivity index (χ3v) is 7.23. The fourth-order valence-corrected chi connectivity index (χ4v) is 4.81. The summed E-state index contributed by atoms with van der Waals surface area (Å²) in [6, 6.07) is 20.7. The molecule has 0 saturated heterocycles. The van der Waals surface area contributed by atoms with E-state index in [1.807, 2.05) is 44.2 Å². The van der Waals surface area contributed by atoms with E-state index >= 15 is 0 Å². The fraction of sp³-hybridized carbons (Fsp3) is 0.303. The molecule has 44 heavy (non-hydrogen) atoms. The van der Waals surface area contributed by atoms with E-state index in [-0.39, 0.29) is 23.7 Å². The summed E-state index contributed by atoms with van der Waals surface area (Å²) in [6.07, 6.45) is 1.48. The first-order valence-corrected chi connectivity index (χ1v) is 15.1. The number of hydrogen-bond donors (Lipinski definition) is 2. The number of hydrazone groups is 1. The van der Waals surface area contributed by atoms with Crippen LogP contribution in [0.2, 0.25) is 0 Å². The lowest BCUT2D eigenvalue weighted by atomic mass is 9.87. The monoisotopic (exact) mass is 615 g/mol. The summed E-state index contributed by atoms with van der Waals surface area (Å²) in [5, 5.41) is 15.5. The van der Waals surface area contributed by atoms with Gasteiger partial charge >= 0.3 is 0 Å². The minimum absolute atomic E-state index is 0.0327. The second-order valence-electron chi connectivity index (χ2n) is 10.9. The van der Waals surface area contributed by atoms with Crippen molar-refractivity contribution in [2.24, 2.45) is 5.10 Å². The van der Waals surface area contributed by atoms with Crippen LogP contribution in [0.4, 0.5) is 5.13 Å². The Balaban J connectivity index is 1.24. The standard InChI is InChI=1S/C33H37N5O5S/c1-6-41-28-19-23(11-16-27(28)43-18-17-42-25-14-12-24(13-15-25)33(3,4)5)21-34-36-29(39)20-30-37-38-32(44-30)35-31(40)26-10-8-7-9-22(26)2/h7-16,19,21H,6,17-18,20H2,1-5H3,(H,36,39)(H,35,38,40)/b34-21-. The SMILES string of the molecule is CCOc1cc(/C=N\NC(=O)Cc2nnc(NC(=O)c3ccccc3C)s2)ccc1OCCOc1ccc(C(C)(C)C)cc1. The number of carbonyl (C=O) groups is 2. The second kappa shape index (κ2) is 15.1. The van der Waals surface area contributed by atoms with Gasteiger partial charge < -0.3 is 14.2 Å². The molecule has 0 saturated carbocycles. The van der Waals surface area contributed by atoms with Gasteiger partial charge in [-0.15, -0.1) is 10.2 Å². The zero-order valence-corrected chi connectivity index (χ0v) is 26.4. The number of rotatable bonds is 13. The number of nitrogens with zero attached hydrogens (tertiary/aromatic N) is 3. The van der Waals surface area contributed by atoms with Crippen molar-refractivity contribution in [1.29, 1.82) is 0 Å². The molecule has 230 valence electrons. The lowest BCUT2D eigenvalue weighted by molar-refractivity contribution is -0.120. The minimum Gasteiger partial charge on any atom is -0.490 e. The topological polar surface area (TPSA) is 124 Å². The van der Waals surface area contributed by atoms with E-state index in [9.17, 15) is 9.59 Å². The Kier molecular flexibility index (Phi) is 11.0. The maximum atomic E-state index is 12.5. The fourth-order valence-electron chi connectivity index (χ4n) is 4.08. The summed E-state index contributed by atoms with van der Waals surface area (Å²) in [4.78, 5) is 24.9. The van der Waals surface area contributed by atoms with E-state index in [1.165, 1.54) is 11.8 Å². The molecule has 4 aromatic rings. The molecular weight excluding hydrogens is 578 g/mol. The Morgan fingerprint density at radius 1 is 0.932 bits per heavy atom. The molecule has 0 aliphatic rings. The number of hydrogen-bond acceptors (Lipinski definition) is 9. The van der Waals surface area contributed by atoms with Gasteiger partial charge in [-0.3, -0.25) is 14.9 Å². The third-order valence-electron chi connectivity index (χ3n) is 6.39.